The van der Waals surface area contributed by atoms with Crippen LogP contribution >= 0.6 is 15.9 Å². The molecule has 4 aliphatic rings. The van der Waals surface area contributed by atoms with Crippen LogP contribution in [-0.4, -0.2) is 10.6 Å². The molecular formula is C27H45BrO. The highest BCUT2D eigenvalue weighted by molar-refractivity contribution is 9.10. The Balaban J connectivity index is 1.48. The minimum Gasteiger partial charge on any atom is -0.298 e. The first kappa shape index (κ1) is 22.3. The lowest BCUT2D eigenvalue weighted by Crippen LogP contribution is -2.55. The highest BCUT2D eigenvalue weighted by Gasteiger charge is 2.61. The standard InChI is InChI=1S/C27H45BrO/c1-17(2)7-6-8-18(3)21-11-12-22-20-10-9-19-15-25(29)24(28)16-27(19,5)23(20)13-14-26(21,22)4/h17-24H,6-16H2,1-5H3/t18-,19+,20+,21-,22?,23?,24-,26-,27+/m1/s1. The first-order valence-electron chi connectivity index (χ1n) is 12.8. The normalized spacial score (nSPS) is 48.2. The maximum Gasteiger partial charge on any atom is 0.146 e. The molecule has 9 atom stereocenters. The summed E-state index contributed by atoms with van der Waals surface area (Å²) >= 11 is 3.75. The summed E-state index contributed by atoms with van der Waals surface area (Å²) in [7, 11) is 0. The second-order valence-electron chi connectivity index (χ2n) is 12.5. The molecule has 29 heavy (non-hydrogen) atoms. The van der Waals surface area contributed by atoms with Crippen LogP contribution < -0.4 is 0 Å². The predicted octanol–water partition coefficient (Wildman–Crippen LogP) is 8.05. The third kappa shape index (κ3) is 3.80. The molecule has 0 aromatic heterocycles. The summed E-state index contributed by atoms with van der Waals surface area (Å²) in [5.74, 6) is 6.56. The van der Waals surface area contributed by atoms with Crippen molar-refractivity contribution in [1.29, 1.82) is 0 Å². The van der Waals surface area contributed by atoms with E-state index < -0.39 is 0 Å². The second-order valence-corrected chi connectivity index (χ2v) is 13.6. The van der Waals surface area contributed by atoms with Gasteiger partial charge in [0.15, 0.2) is 0 Å². The summed E-state index contributed by atoms with van der Waals surface area (Å²) < 4.78 is 0. The SMILES string of the molecule is CC(C)CCC[C@@H](C)[C@H]1CCC2[C@@H]3CC[C@H]4CC(=O)[C@H](Br)C[C@]4(C)C3CC[C@@]21C. The fourth-order valence-corrected chi connectivity index (χ4v) is 9.97. The van der Waals surface area contributed by atoms with Crippen LogP contribution in [0.15, 0.2) is 0 Å². The molecule has 0 heterocycles. The van der Waals surface area contributed by atoms with Gasteiger partial charge in [-0.25, -0.2) is 0 Å². The maximum absolute atomic E-state index is 12.4. The summed E-state index contributed by atoms with van der Waals surface area (Å²) in [5, 5.41) is 0. The number of rotatable bonds is 5. The molecule has 1 nitrogen and oxygen atoms in total. The third-order valence-corrected chi connectivity index (χ3v) is 11.5. The average molecular weight is 466 g/mol. The molecule has 0 bridgehead atoms. The van der Waals surface area contributed by atoms with E-state index in [0.29, 0.717) is 22.5 Å². The van der Waals surface area contributed by atoms with E-state index in [0.717, 1.165) is 48.3 Å². The van der Waals surface area contributed by atoms with Gasteiger partial charge in [-0.3, -0.25) is 4.79 Å². The van der Waals surface area contributed by atoms with Gasteiger partial charge in [-0.1, -0.05) is 69.8 Å². The van der Waals surface area contributed by atoms with Gasteiger partial charge in [0.1, 0.15) is 5.78 Å². The van der Waals surface area contributed by atoms with Crippen LogP contribution in [0.5, 0.6) is 0 Å². The molecule has 4 saturated carbocycles. The van der Waals surface area contributed by atoms with Crippen LogP contribution in [-0.2, 0) is 4.79 Å². The Kier molecular flexibility index (Phi) is 6.36. The molecule has 166 valence electrons. The summed E-state index contributed by atoms with van der Waals surface area (Å²) in [4.78, 5) is 12.5. The van der Waals surface area contributed by atoms with Crippen LogP contribution in [0.1, 0.15) is 105 Å². The molecule has 0 radical (unpaired) electrons. The van der Waals surface area contributed by atoms with Gasteiger partial charge in [0.25, 0.3) is 0 Å². The average Bonchev–Trinajstić information content (AvgIpc) is 3.00. The van der Waals surface area contributed by atoms with E-state index in [9.17, 15) is 4.79 Å². The molecule has 0 aliphatic heterocycles. The van der Waals surface area contributed by atoms with Crippen LogP contribution in [0.3, 0.4) is 0 Å². The van der Waals surface area contributed by atoms with E-state index in [1.165, 1.54) is 57.8 Å². The van der Waals surface area contributed by atoms with Crippen molar-refractivity contribution in [2.45, 2.75) is 110 Å². The zero-order valence-electron chi connectivity index (χ0n) is 19.7. The molecule has 2 unspecified atom stereocenters. The maximum atomic E-state index is 12.4. The van der Waals surface area contributed by atoms with Gasteiger partial charge in [0, 0.05) is 6.42 Å². The van der Waals surface area contributed by atoms with Gasteiger partial charge < -0.3 is 0 Å². The van der Waals surface area contributed by atoms with Gasteiger partial charge in [-0.05, 0) is 97.2 Å². The van der Waals surface area contributed by atoms with Crippen molar-refractivity contribution in [3.63, 3.8) is 0 Å². The van der Waals surface area contributed by atoms with Crippen molar-refractivity contribution in [2.75, 3.05) is 0 Å². The molecule has 0 aromatic carbocycles. The highest BCUT2D eigenvalue weighted by Crippen LogP contribution is 2.68. The van der Waals surface area contributed by atoms with E-state index in [1.54, 1.807) is 0 Å². The minimum atomic E-state index is 0.119. The van der Waals surface area contributed by atoms with Crippen molar-refractivity contribution < 1.29 is 4.79 Å². The molecular weight excluding hydrogens is 420 g/mol. The summed E-state index contributed by atoms with van der Waals surface area (Å²) in [6.07, 6.45) is 14.7. The van der Waals surface area contributed by atoms with Crippen molar-refractivity contribution >= 4 is 21.7 Å². The summed E-state index contributed by atoms with van der Waals surface area (Å²) in [6.45, 7) is 12.6. The van der Waals surface area contributed by atoms with Crippen molar-refractivity contribution in [2.24, 2.45) is 52.3 Å². The number of ketones is 1. The first-order chi connectivity index (χ1) is 13.7. The van der Waals surface area contributed by atoms with Crippen LogP contribution in [0, 0.1) is 52.3 Å². The van der Waals surface area contributed by atoms with Gasteiger partial charge in [0.05, 0.1) is 4.83 Å². The van der Waals surface area contributed by atoms with E-state index in [1.807, 2.05) is 0 Å². The number of hydrogen-bond donors (Lipinski definition) is 0. The fourth-order valence-electron chi connectivity index (χ4n) is 9.08. The minimum absolute atomic E-state index is 0.119. The van der Waals surface area contributed by atoms with Crippen molar-refractivity contribution in [3.05, 3.63) is 0 Å². The summed E-state index contributed by atoms with van der Waals surface area (Å²) in [6, 6.07) is 0. The first-order valence-corrected chi connectivity index (χ1v) is 13.7. The zero-order chi connectivity index (χ0) is 21.0. The number of carbonyl (C=O) groups excluding carboxylic acids is 1. The lowest BCUT2D eigenvalue weighted by molar-refractivity contribution is -0.139. The van der Waals surface area contributed by atoms with Gasteiger partial charge in [-0.15, -0.1) is 0 Å². The van der Waals surface area contributed by atoms with E-state index in [2.05, 4.69) is 50.5 Å². The van der Waals surface area contributed by atoms with Crippen molar-refractivity contribution in [1.82, 2.24) is 0 Å². The molecule has 0 aromatic rings. The van der Waals surface area contributed by atoms with E-state index >= 15 is 0 Å². The quantitative estimate of drug-likeness (QED) is 0.375. The smallest absolute Gasteiger partial charge is 0.146 e. The summed E-state index contributed by atoms with van der Waals surface area (Å²) in [5.41, 5.74) is 0.979. The van der Waals surface area contributed by atoms with Crippen LogP contribution in [0.4, 0.5) is 0 Å². The molecule has 2 heteroatoms. The lowest BCUT2D eigenvalue weighted by atomic mass is 9.44. The Labute approximate surface area is 188 Å². The molecule has 0 spiro atoms. The lowest BCUT2D eigenvalue weighted by Gasteiger charge is -2.61. The zero-order valence-corrected chi connectivity index (χ0v) is 21.3. The topological polar surface area (TPSA) is 17.1 Å². The van der Waals surface area contributed by atoms with E-state index in [-0.39, 0.29) is 4.83 Å². The second kappa shape index (κ2) is 8.25. The number of hydrogen-bond acceptors (Lipinski definition) is 1. The van der Waals surface area contributed by atoms with Gasteiger partial charge >= 0.3 is 0 Å². The van der Waals surface area contributed by atoms with E-state index in [4.69, 9.17) is 0 Å². The highest BCUT2D eigenvalue weighted by atomic mass is 79.9. The molecule has 0 N–H and O–H groups in total. The molecule has 0 saturated heterocycles. The largest absolute Gasteiger partial charge is 0.298 e. The van der Waals surface area contributed by atoms with Crippen LogP contribution in [0.2, 0.25) is 0 Å². The molecule has 0 amide bonds. The van der Waals surface area contributed by atoms with Crippen LogP contribution in [0.25, 0.3) is 0 Å². The molecule has 4 rings (SSSR count). The Hall–Kier alpha value is 0.150. The Morgan fingerprint density at radius 3 is 2.41 bits per heavy atom. The number of Topliss-reactive ketones (excluding diaryl/α,β-unsaturated/α-hetero) is 1. The third-order valence-electron chi connectivity index (χ3n) is 10.7. The number of alkyl halides is 1. The molecule has 4 aliphatic carbocycles. The number of fused-ring (bicyclic) bond motifs is 5. The Bertz CT molecular complexity index is 614. The Morgan fingerprint density at radius 2 is 1.69 bits per heavy atom. The van der Waals surface area contributed by atoms with Gasteiger partial charge in [-0.2, -0.15) is 0 Å². The molecule has 4 fully saturated rings. The Morgan fingerprint density at radius 1 is 0.966 bits per heavy atom. The van der Waals surface area contributed by atoms with Crippen molar-refractivity contribution in [3.8, 4) is 0 Å². The van der Waals surface area contributed by atoms with Gasteiger partial charge in [0.2, 0.25) is 0 Å². The number of halogens is 1. The fraction of sp³-hybridized carbons (Fsp3) is 0.963. The predicted molar refractivity (Wildman–Crippen MR) is 126 cm³/mol. The monoisotopic (exact) mass is 464 g/mol. The number of carbonyl (C=O) groups is 1.